The molecular weight excluding hydrogens is 344 g/mol. The zero-order valence-electron chi connectivity index (χ0n) is 11.7. The Morgan fingerprint density at radius 3 is 2.81 bits per heavy atom. The predicted octanol–water partition coefficient (Wildman–Crippen LogP) is 5.25. The maximum atomic E-state index is 5.47. The molecule has 4 rings (SSSR count). The largest absolute Gasteiger partial charge is 0.345 e. The first-order valence-electron chi connectivity index (χ1n) is 7.61. The number of hydrogen-bond acceptors (Lipinski definition) is 2. The van der Waals surface area contributed by atoms with Crippen LogP contribution in [0.4, 0.5) is 0 Å². The number of benzene rings is 1. The second-order valence-corrected chi connectivity index (χ2v) is 7.25. The highest BCUT2D eigenvalue weighted by atomic mass is 79.9. The summed E-state index contributed by atoms with van der Waals surface area (Å²) in [6.45, 7) is 0. The molecule has 0 radical (unpaired) electrons. The molecule has 1 unspecified atom stereocenters. The van der Waals surface area contributed by atoms with Gasteiger partial charge in [-0.15, -0.1) is 0 Å². The van der Waals surface area contributed by atoms with Crippen LogP contribution in [-0.4, -0.2) is 9.97 Å². The summed E-state index contributed by atoms with van der Waals surface area (Å²) in [5.74, 6) is 2.06. The zero-order chi connectivity index (χ0) is 14.4. The number of aromatic amines is 1. The molecule has 0 aliphatic heterocycles. The first-order valence-corrected chi connectivity index (χ1v) is 8.81. The van der Waals surface area contributed by atoms with Gasteiger partial charge in [-0.05, 0) is 59.2 Å². The lowest BCUT2D eigenvalue weighted by molar-refractivity contribution is 0.586. The Balaban J connectivity index is 1.83. The van der Waals surface area contributed by atoms with Crippen LogP contribution in [0.15, 0.2) is 28.7 Å². The normalized spacial score (nSPS) is 21.1. The van der Waals surface area contributed by atoms with E-state index in [9.17, 15) is 0 Å². The van der Waals surface area contributed by atoms with Gasteiger partial charge in [-0.1, -0.05) is 36.5 Å². The zero-order valence-corrected chi connectivity index (χ0v) is 14.1. The number of H-pyrrole nitrogens is 1. The van der Waals surface area contributed by atoms with Crippen LogP contribution in [0.3, 0.4) is 0 Å². The van der Waals surface area contributed by atoms with Crippen molar-refractivity contribution < 1.29 is 0 Å². The SMILES string of the molecule is S=c1nc(C2CCCc3ccccc32)[nH]c(C2CC2)c1Br. The highest BCUT2D eigenvalue weighted by Crippen LogP contribution is 2.43. The van der Waals surface area contributed by atoms with Crippen LogP contribution in [0.1, 0.15) is 60.2 Å². The average molecular weight is 361 g/mol. The summed E-state index contributed by atoms with van der Waals surface area (Å²) in [6.07, 6.45) is 6.07. The van der Waals surface area contributed by atoms with Gasteiger partial charge in [-0.2, -0.15) is 0 Å². The van der Waals surface area contributed by atoms with Gasteiger partial charge in [0.1, 0.15) is 10.5 Å². The molecule has 0 bridgehead atoms. The molecule has 108 valence electrons. The molecule has 2 aliphatic rings. The Morgan fingerprint density at radius 2 is 2.00 bits per heavy atom. The Kier molecular flexibility index (Phi) is 3.46. The number of fused-ring (bicyclic) bond motifs is 1. The van der Waals surface area contributed by atoms with Gasteiger partial charge < -0.3 is 4.98 Å². The van der Waals surface area contributed by atoms with Gasteiger partial charge in [-0.25, -0.2) is 4.98 Å². The van der Waals surface area contributed by atoms with Crippen molar-refractivity contribution in [3.8, 4) is 0 Å². The average Bonchev–Trinajstić information content (AvgIpc) is 3.34. The van der Waals surface area contributed by atoms with E-state index in [1.54, 1.807) is 0 Å². The second-order valence-electron chi connectivity index (χ2n) is 6.07. The van der Waals surface area contributed by atoms with Gasteiger partial charge in [0, 0.05) is 17.5 Å². The Hall–Kier alpha value is -1.00. The van der Waals surface area contributed by atoms with Gasteiger partial charge in [0.25, 0.3) is 0 Å². The third kappa shape index (κ3) is 2.49. The number of aryl methyl sites for hydroxylation is 1. The highest BCUT2D eigenvalue weighted by Gasteiger charge is 2.30. The molecule has 1 saturated carbocycles. The van der Waals surface area contributed by atoms with Crippen molar-refractivity contribution >= 4 is 28.1 Å². The number of rotatable bonds is 2. The first-order chi connectivity index (χ1) is 10.2. The molecule has 1 N–H and O–H groups in total. The molecule has 4 heteroatoms. The molecule has 0 spiro atoms. The first kappa shape index (κ1) is 13.6. The van der Waals surface area contributed by atoms with Crippen molar-refractivity contribution in [2.24, 2.45) is 0 Å². The third-order valence-corrected chi connectivity index (χ3v) is 5.95. The van der Waals surface area contributed by atoms with Crippen LogP contribution in [0.2, 0.25) is 0 Å². The summed E-state index contributed by atoms with van der Waals surface area (Å²) >= 11 is 9.08. The maximum Gasteiger partial charge on any atom is 0.144 e. The second kappa shape index (κ2) is 5.33. The number of halogens is 1. The van der Waals surface area contributed by atoms with Gasteiger partial charge in [0.05, 0.1) is 4.47 Å². The molecule has 0 amide bonds. The van der Waals surface area contributed by atoms with Crippen molar-refractivity contribution in [1.29, 1.82) is 0 Å². The smallest absolute Gasteiger partial charge is 0.144 e. The molecule has 1 aromatic carbocycles. The van der Waals surface area contributed by atoms with Crippen LogP contribution in [0, 0.1) is 4.64 Å². The maximum absolute atomic E-state index is 5.47. The van der Waals surface area contributed by atoms with Gasteiger partial charge in [0.2, 0.25) is 0 Å². The molecule has 1 fully saturated rings. The van der Waals surface area contributed by atoms with Crippen molar-refractivity contribution in [3.05, 3.63) is 56.0 Å². The number of aromatic nitrogens is 2. The minimum absolute atomic E-state index is 0.363. The number of hydrogen-bond donors (Lipinski definition) is 1. The van der Waals surface area contributed by atoms with Crippen LogP contribution in [0.5, 0.6) is 0 Å². The monoisotopic (exact) mass is 360 g/mol. The van der Waals surface area contributed by atoms with Crippen LogP contribution < -0.4 is 0 Å². The summed E-state index contributed by atoms with van der Waals surface area (Å²) < 4.78 is 1.70. The van der Waals surface area contributed by atoms with E-state index in [1.807, 2.05) is 0 Å². The minimum Gasteiger partial charge on any atom is -0.345 e. The van der Waals surface area contributed by atoms with E-state index in [0.29, 0.717) is 16.5 Å². The van der Waals surface area contributed by atoms with E-state index in [4.69, 9.17) is 12.2 Å². The molecule has 21 heavy (non-hydrogen) atoms. The molecule has 2 aliphatic carbocycles. The fourth-order valence-electron chi connectivity index (χ4n) is 3.35. The van der Waals surface area contributed by atoms with E-state index in [-0.39, 0.29) is 0 Å². The summed E-state index contributed by atoms with van der Waals surface area (Å²) in [5.41, 5.74) is 4.14. The van der Waals surface area contributed by atoms with E-state index < -0.39 is 0 Å². The topological polar surface area (TPSA) is 28.7 Å². The van der Waals surface area contributed by atoms with Crippen molar-refractivity contribution in [1.82, 2.24) is 9.97 Å². The van der Waals surface area contributed by atoms with Crippen molar-refractivity contribution in [2.45, 2.75) is 43.9 Å². The van der Waals surface area contributed by atoms with Crippen molar-refractivity contribution in [3.63, 3.8) is 0 Å². The van der Waals surface area contributed by atoms with E-state index >= 15 is 0 Å². The fraction of sp³-hybridized carbons (Fsp3) is 0.412. The van der Waals surface area contributed by atoms with Crippen LogP contribution in [-0.2, 0) is 6.42 Å². The minimum atomic E-state index is 0.363. The highest BCUT2D eigenvalue weighted by molar-refractivity contribution is 9.10. The summed E-state index contributed by atoms with van der Waals surface area (Å²) in [7, 11) is 0. The molecule has 1 atom stereocenters. The lowest BCUT2D eigenvalue weighted by Gasteiger charge is -2.25. The van der Waals surface area contributed by atoms with E-state index in [2.05, 4.69) is 50.2 Å². The lowest BCUT2D eigenvalue weighted by Crippen LogP contribution is -2.15. The Morgan fingerprint density at radius 1 is 1.19 bits per heavy atom. The van der Waals surface area contributed by atoms with E-state index in [0.717, 1.165) is 16.7 Å². The lowest BCUT2D eigenvalue weighted by atomic mass is 9.82. The molecule has 2 aromatic rings. The molecule has 1 aromatic heterocycles. The summed E-state index contributed by atoms with van der Waals surface area (Å²) in [4.78, 5) is 8.28. The fourth-order valence-corrected chi connectivity index (χ4v) is 4.07. The third-order valence-electron chi connectivity index (χ3n) is 4.59. The van der Waals surface area contributed by atoms with Crippen molar-refractivity contribution in [2.75, 3.05) is 0 Å². The summed E-state index contributed by atoms with van der Waals surface area (Å²) in [6, 6.07) is 8.76. The van der Waals surface area contributed by atoms with Gasteiger partial charge >= 0.3 is 0 Å². The standard InChI is InChI=1S/C17H17BrN2S/c18-14-15(11-8-9-11)19-16(20-17(14)21)13-7-3-5-10-4-1-2-6-12(10)13/h1-2,4,6,11,13H,3,5,7-9H2,(H,19,20,21). The predicted molar refractivity (Wildman–Crippen MR) is 90.3 cm³/mol. The Labute approximate surface area is 138 Å². The molecule has 2 nitrogen and oxygen atoms in total. The summed E-state index contributed by atoms with van der Waals surface area (Å²) in [5, 5.41) is 0. The van der Waals surface area contributed by atoms with Gasteiger partial charge in [-0.3, -0.25) is 0 Å². The van der Waals surface area contributed by atoms with E-state index in [1.165, 1.54) is 42.5 Å². The van der Waals surface area contributed by atoms with Crippen LogP contribution in [0.25, 0.3) is 0 Å². The molecule has 0 saturated heterocycles. The molecular formula is C17H17BrN2S. The Bertz CT molecular complexity index is 749. The number of nitrogens with one attached hydrogen (secondary N) is 1. The van der Waals surface area contributed by atoms with Crippen LogP contribution >= 0.6 is 28.1 Å². The molecule has 1 heterocycles. The number of nitrogens with zero attached hydrogens (tertiary/aromatic N) is 1. The van der Waals surface area contributed by atoms with Gasteiger partial charge in [0.15, 0.2) is 0 Å². The quantitative estimate of drug-likeness (QED) is 0.741.